The fraction of sp³-hybridized carbons (Fsp3) is 0.357. The van der Waals surface area contributed by atoms with Crippen molar-refractivity contribution in [1.82, 2.24) is 10.3 Å². The second kappa shape index (κ2) is 5.32. The molecular formula is C14H18N2O3. The summed E-state index contributed by atoms with van der Waals surface area (Å²) in [6, 6.07) is 4.48. The smallest absolute Gasteiger partial charge is 0.208 e. The Bertz CT molecular complexity index is 538. The van der Waals surface area contributed by atoms with E-state index in [1.165, 1.54) is 0 Å². The van der Waals surface area contributed by atoms with E-state index in [-0.39, 0.29) is 17.5 Å². The Morgan fingerprint density at radius 2 is 1.89 bits per heavy atom. The van der Waals surface area contributed by atoms with Crippen LogP contribution < -0.4 is 5.32 Å². The number of hydrogen-bond acceptors (Lipinski definition) is 5. The van der Waals surface area contributed by atoms with Crippen LogP contribution in [0.15, 0.2) is 22.6 Å². The lowest BCUT2D eigenvalue weighted by Gasteiger charge is -2.15. The van der Waals surface area contributed by atoms with Crippen LogP contribution in [0.25, 0.3) is 0 Å². The molecule has 2 rings (SSSR count). The van der Waals surface area contributed by atoms with E-state index in [1.807, 2.05) is 20.8 Å². The quantitative estimate of drug-likeness (QED) is 0.789. The van der Waals surface area contributed by atoms with E-state index in [2.05, 4.69) is 10.3 Å². The summed E-state index contributed by atoms with van der Waals surface area (Å²) in [5.74, 6) is 1.53. The largest absolute Gasteiger partial charge is 0.507 e. The molecule has 0 fully saturated rings. The highest BCUT2D eigenvalue weighted by Crippen LogP contribution is 2.32. The molecule has 1 aromatic heterocycles. The van der Waals surface area contributed by atoms with Gasteiger partial charge >= 0.3 is 0 Å². The van der Waals surface area contributed by atoms with Crippen molar-refractivity contribution in [2.45, 2.75) is 33.4 Å². The van der Waals surface area contributed by atoms with Crippen LogP contribution in [0, 0.1) is 13.8 Å². The van der Waals surface area contributed by atoms with Crippen molar-refractivity contribution in [3.05, 3.63) is 41.1 Å². The van der Waals surface area contributed by atoms with Crippen LogP contribution in [-0.4, -0.2) is 15.2 Å². The minimum absolute atomic E-state index is 0.0692. The Morgan fingerprint density at radius 1 is 1.26 bits per heavy atom. The number of aromatic nitrogens is 1. The van der Waals surface area contributed by atoms with Crippen molar-refractivity contribution in [1.29, 1.82) is 0 Å². The van der Waals surface area contributed by atoms with Crippen molar-refractivity contribution >= 4 is 0 Å². The standard InChI is InChI=1S/C14H18N2O3/c1-8-10(3)19-13(16-8)7-15-9(2)14-11(17)5-4-6-12(14)18/h4-6,9,15,17-18H,7H2,1-3H3. The van der Waals surface area contributed by atoms with Crippen LogP contribution in [0.1, 0.15) is 35.9 Å². The Labute approximate surface area is 111 Å². The fourth-order valence-corrected chi connectivity index (χ4v) is 1.94. The van der Waals surface area contributed by atoms with Gasteiger partial charge in [0.05, 0.1) is 17.8 Å². The summed E-state index contributed by atoms with van der Waals surface area (Å²) in [5.41, 5.74) is 1.34. The molecule has 5 nitrogen and oxygen atoms in total. The summed E-state index contributed by atoms with van der Waals surface area (Å²) in [4.78, 5) is 4.27. The van der Waals surface area contributed by atoms with Crippen LogP contribution in [0.2, 0.25) is 0 Å². The molecule has 0 bridgehead atoms. The van der Waals surface area contributed by atoms with Crippen molar-refractivity contribution in [3.63, 3.8) is 0 Å². The third kappa shape index (κ3) is 2.88. The summed E-state index contributed by atoms with van der Waals surface area (Å²) in [6.07, 6.45) is 0. The van der Waals surface area contributed by atoms with Gasteiger partial charge in [0, 0.05) is 6.04 Å². The van der Waals surface area contributed by atoms with Gasteiger partial charge in [-0.05, 0) is 32.9 Å². The first-order valence-corrected chi connectivity index (χ1v) is 6.16. The number of aryl methyl sites for hydroxylation is 2. The average molecular weight is 262 g/mol. The van der Waals surface area contributed by atoms with Gasteiger partial charge in [0.2, 0.25) is 5.89 Å². The summed E-state index contributed by atoms with van der Waals surface area (Å²) in [6.45, 7) is 6.05. The lowest BCUT2D eigenvalue weighted by molar-refractivity contribution is 0.400. The predicted octanol–water partition coefficient (Wildman–Crippen LogP) is 2.55. The first-order valence-electron chi connectivity index (χ1n) is 6.16. The molecule has 1 unspecified atom stereocenters. The topological polar surface area (TPSA) is 78.5 Å². The molecule has 0 saturated heterocycles. The third-order valence-corrected chi connectivity index (χ3v) is 3.13. The first-order chi connectivity index (χ1) is 8.99. The number of oxazole rings is 1. The second-order valence-electron chi connectivity index (χ2n) is 4.56. The predicted molar refractivity (Wildman–Crippen MR) is 71.0 cm³/mol. The molecule has 0 amide bonds. The number of benzene rings is 1. The Kier molecular flexibility index (Phi) is 3.76. The van der Waals surface area contributed by atoms with Crippen LogP contribution in [0.4, 0.5) is 0 Å². The molecule has 0 aliphatic rings. The van der Waals surface area contributed by atoms with Gasteiger partial charge in [0.15, 0.2) is 0 Å². The molecule has 19 heavy (non-hydrogen) atoms. The van der Waals surface area contributed by atoms with E-state index in [4.69, 9.17) is 4.42 Å². The number of phenols is 2. The zero-order chi connectivity index (χ0) is 14.0. The highest BCUT2D eigenvalue weighted by molar-refractivity contribution is 5.44. The average Bonchev–Trinajstić information content (AvgIpc) is 2.66. The molecule has 1 heterocycles. The molecule has 0 saturated carbocycles. The van der Waals surface area contributed by atoms with Crippen LogP contribution in [0.5, 0.6) is 11.5 Å². The molecule has 0 aliphatic carbocycles. The van der Waals surface area contributed by atoms with Crippen molar-refractivity contribution in [2.24, 2.45) is 0 Å². The molecular weight excluding hydrogens is 244 g/mol. The third-order valence-electron chi connectivity index (χ3n) is 3.13. The lowest BCUT2D eigenvalue weighted by atomic mass is 10.1. The minimum Gasteiger partial charge on any atom is -0.507 e. The SMILES string of the molecule is Cc1nc(CNC(C)c2c(O)cccc2O)oc1C. The molecule has 1 aromatic carbocycles. The Hall–Kier alpha value is -2.01. The van der Waals surface area contributed by atoms with Crippen LogP contribution in [0.3, 0.4) is 0 Å². The highest BCUT2D eigenvalue weighted by Gasteiger charge is 2.15. The maximum Gasteiger partial charge on any atom is 0.208 e. The maximum absolute atomic E-state index is 9.77. The molecule has 0 spiro atoms. The van der Waals surface area contributed by atoms with Crippen molar-refractivity contribution < 1.29 is 14.6 Å². The number of nitrogens with one attached hydrogen (secondary N) is 1. The summed E-state index contributed by atoms with van der Waals surface area (Å²) >= 11 is 0. The zero-order valence-corrected chi connectivity index (χ0v) is 11.3. The molecule has 2 aromatic rings. The van der Waals surface area contributed by atoms with E-state index in [0.717, 1.165) is 11.5 Å². The molecule has 5 heteroatoms. The van der Waals surface area contributed by atoms with E-state index < -0.39 is 0 Å². The monoisotopic (exact) mass is 262 g/mol. The second-order valence-corrected chi connectivity index (χ2v) is 4.56. The van der Waals surface area contributed by atoms with E-state index >= 15 is 0 Å². The summed E-state index contributed by atoms with van der Waals surface area (Å²) in [7, 11) is 0. The minimum atomic E-state index is -0.214. The van der Waals surface area contributed by atoms with Gasteiger partial charge in [-0.1, -0.05) is 6.07 Å². The van der Waals surface area contributed by atoms with Crippen LogP contribution >= 0.6 is 0 Å². The van der Waals surface area contributed by atoms with E-state index in [0.29, 0.717) is 18.0 Å². The number of phenolic OH excluding ortho intramolecular Hbond substituents is 2. The molecule has 0 radical (unpaired) electrons. The zero-order valence-electron chi connectivity index (χ0n) is 11.3. The van der Waals surface area contributed by atoms with Crippen molar-refractivity contribution in [3.8, 4) is 11.5 Å². The number of aromatic hydroxyl groups is 2. The molecule has 0 aliphatic heterocycles. The first kappa shape index (κ1) is 13.4. The number of nitrogens with zero attached hydrogens (tertiary/aromatic N) is 1. The Morgan fingerprint density at radius 3 is 2.42 bits per heavy atom. The van der Waals surface area contributed by atoms with Gasteiger partial charge in [0.1, 0.15) is 17.3 Å². The van der Waals surface area contributed by atoms with Crippen molar-refractivity contribution in [2.75, 3.05) is 0 Å². The van der Waals surface area contributed by atoms with Gasteiger partial charge in [-0.3, -0.25) is 0 Å². The maximum atomic E-state index is 9.77. The van der Waals surface area contributed by atoms with Gasteiger partial charge in [0.25, 0.3) is 0 Å². The number of hydrogen-bond donors (Lipinski definition) is 3. The van der Waals surface area contributed by atoms with Gasteiger partial charge in [-0.2, -0.15) is 0 Å². The van der Waals surface area contributed by atoms with Crippen LogP contribution in [-0.2, 0) is 6.54 Å². The normalized spacial score (nSPS) is 12.6. The summed E-state index contributed by atoms with van der Waals surface area (Å²) in [5, 5.41) is 22.7. The summed E-state index contributed by atoms with van der Waals surface area (Å²) < 4.78 is 5.46. The fourth-order valence-electron chi connectivity index (χ4n) is 1.94. The van der Waals surface area contributed by atoms with E-state index in [9.17, 15) is 10.2 Å². The van der Waals surface area contributed by atoms with Gasteiger partial charge < -0.3 is 19.9 Å². The van der Waals surface area contributed by atoms with Gasteiger partial charge in [-0.25, -0.2) is 4.98 Å². The lowest BCUT2D eigenvalue weighted by Crippen LogP contribution is -2.18. The van der Waals surface area contributed by atoms with Gasteiger partial charge in [-0.15, -0.1) is 0 Å². The van der Waals surface area contributed by atoms with E-state index in [1.54, 1.807) is 18.2 Å². The molecule has 3 N–H and O–H groups in total. The number of rotatable bonds is 4. The highest BCUT2D eigenvalue weighted by atomic mass is 16.4. The Balaban J connectivity index is 2.07. The molecule has 102 valence electrons. The molecule has 1 atom stereocenters.